The van der Waals surface area contributed by atoms with E-state index in [4.69, 9.17) is 4.74 Å². The minimum absolute atomic E-state index is 0.0192. The van der Waals surface area contributed by atoms with Crippen LogP contribution in [0, 0.1) is 0 Å². The Hall–Kier alpha value is -2.59. The SMILES string of the molecule is CN(C(=O)COc1ccc(-c2ccccc2)cc1Br)c1ccccc1. The molecule has 0 fully saturated rings. The van der Waals surface area contributed by atoms with Crippen LogP contribution in [0.25, 0.3) is 11.1 Å². The van der Waals surface area contributed by atoms with Crippen LogP contribution in [0.15, 0.2) is 83.3 Å². The normalized spacial score (nSPS) is 10.3. The maximum absolute atomic E-state index is 12.3. The number of carbonyl (C=O) groups excluding carboxylic acids is 1. The molecule has 0 N–H and O–H groups in total. The minimum atomic E-state index is -0.106. The van der Waals surface area contributed by atoms with Crippen molar-refractivity contribution in [1.29, 1.82) is 0 Å². The number of halogens is 1. The van der Waals surface area contributed by atoms with Gasteiger partial charge in [0.15, 0.2) is 6.61 Å². The van der Waals surface area contributed by atoms with Crippen LogP contribution in [0.5, 0.6) is 5.75 Å². The number of carbonyl (C=O) groups is 1. The highest BCUT2D eigenvalue weighted by Crippen LogP contribution is 2.30. The van der Waals surface area contributed by atoms with E-state index in [1.165, 1.54) is 0 Å². The Morgan fingerprint density at radius 3 is 2.20 bits per heavy atom. The lowest BCUT2D eigenvalue weighted by Gasteiger charge is -2.18. The Morgan fingerprint density at radius 2 is 1.56 bits per heavy atom. The average Bonchev–Trinajstić information content (AvgIpc) is 2.67. The maximum atomic E-state index is 12.3. The number of amides is 1. The number of benzene rings is 3. The van der Waals surface area contributed by atoms with Crippen molar-refractivity contribution in [3.8, 4) is 16.9 Å². The number of likely N-dealkylation sites (N-methyl/N-ethyl adjacent to an activating group) is 1. The molecule has 3 nitrogen and oxygen atoms in total. The van der Waals surface area contributed by atoms with Crippen LogP contribution in [0.1, 0.15) is 0 Å². The predicted octanol–water partition coefficient (Wildman–Crippen LogP) is 5.16. The summed E-state index contributed by atoms with van der Waals surface area (Å²) >= 11 is 3.53. The van der Waals surface area contributed by atoms with Crippen LogP contribution in [-0.4, -0.2) is 19.6 Å². The number of para-hydroxylation sites is 1. The fourth-order valence-corrected chi connectivity index (χ4v) is 2.95. The standard InChI is InChI=1S/C21H18BrNO2/c1-23(18-10-6-3-7-11-18)21(24)15-25-20-13-12-17(14-19(20)22)16-8-4-2-5-9-16/h2-14H,15H2,1H3. The Balaban J connectivity index is 1.66. The van der Waals surface area contributed by atoms with Crippen LogP contribution in [-0.2, 0) is 4.79 Å². The quantitative estimate of drug-likeness (QED) is 0.597. The summed E-state index contributed by atoms with van der Waals surface area (Å²) < 4.78 is 6.52. The third-order valence-corrected chi connectivity index (χ3v) is 4.53. The lowest BCUT2D eigenvalue weighted by molar-refractivity contribution is -0.120. The summed E-state index contributed by atoms with van der Waals surface area (Å²) in [6.45, 7) is -0.0192. The van der Waals surface area contributed by atoms with Gasteiger partial charge >= 0.3 is 0 Å². The number of anilines is 1. The van der Waals surface area contributed by atoms with Crippen LogP contribution in [0.4, 0.5) is 5.69 Å². The zero-order valence-corrected chi connectivity index (χ0v) is 15.4. The number of ether oxygens (including phenoxy) is 1. The van der Waals surface area contributed by atoms with E-state index in [2.05, 4.69) is 28.1 Å². The number of hydrogen-bond donors (Lipinski definition) is 0. The molecule has 0 aromatic heterocycles. The van der Waals surface area contributed by atoms with Crippen molar-refractivity contribution in [3.63, 3.8) is 0 Å². The Bertz CT molecular complexity index is 850. The average molecular weight is 396 g/mol. The van der Waals surface area contributed by atoms with Crippen molar-refractivity contribution >= 4 is 27.5 Å². The smallest absolute Gasteiger partial charge is 0.264 e. The van der Waals surface area contributed by atoms with Crippen LogP contribution in [0.2, 0.25) is 0 Å². The second-order valence-electron chi connectivity index (χ2n) is 5.59. The fraction of sp³-hybridized carbons (Fsp3) is 0.0952. The van der Waals surface area contributed by atoms with Gasteiger partial charge in [-0.05, 0) is 51.3 Å². The lowest BCUT2D eigenvalue weighted by atomic mass is 10.1. The fourth-order valence-electron chi connectivity index (χ4n) is 2.46. The van der Waals surface area contributed by atoms with Gasteiger partial charge in [0.1, 0.15) is 5.75 Å². The molecule has 3 aromatic carbocycles. The molecule has 0 saturated carbocycles. The summed E-state index contributed by atoms with van der Waals surface area (Å²) in [5.74, 6) is 0.541. The maximum Gasteiger partial charge on any atom is 0.264 e. The first kappa shape index (κ1) is 17.2. The van der Waals surface area contributed by atoms with Gasteiger partial charge < -0.3 is 9.64 Å². The number of hydrogen-bond acceptors (Lipinski definition) is 2. The molecule has 0 saturated heterocycles. The topological polar surface area (TPSA) is 29.5 Å². The van der Waals surface area contributed by atoms with E-state index in [1.54, 1.807) is 11.9 Å². The molecule has 1 amide bonds. The van der Waals surface area contributed by atoms with Crippen LogP contribution in [0.3, 0.4) is 0 Å². The third-order valence-electron chi connectivity index (χ3n) is 3.91. The molecule has 0 aliphatic heterocycles. The predicted molar refractivity (Wildman–Crippen MR) is 105 cm³/mol. The highest BCUT2D eigenvalue weighted by Gasteiger charge is 2.12. The number of nitrogens with zero attached hydrogens (tertiary/aromatic N) is 1. The van der Waals surface area contributed by atoms with E-state index in [-0.39, 0.29) is 12.5 Å². The van der Waals surface area contributed by atoms with Crippen LogP contribution < -0.4 is 9.64 Å². The molecular weight excluding hydrogens is 378 g/mol. The second-order valence-corrected chi connectivity index (χ2v) is 6.44. The van der Waals surface area contributed by atoms with Gasteiger partial charge in [-0.25, -0.2) is 0 Å². The van der Waals surface area contributed by atoms with E-state index in [1.807, 2.05) is 66.7 Å². The van der Waals surface area contributed by atoms with Gasteiger partial charge in [-0.3, -0.25) is 4.79 Å². The lowest BCUT2D eigenvalue weighted by Crippen LogP contribution is -2.31. The van der Waals surface area contributed by atoms with Crippen molar-refractivity contribution in [2.24, 2.45) is 0 Å². The summed E-state index contributed by atoms with van der Waals surface area (Å²) in [7, 11) is 1.74. The minimum Gasteiger partial charge on any atom is -0.483 e. The molecule has 0 aliphatic carbocycles. The van der Waals surface area contributed by atoms with Crippen molar-refractivity contribution in [2.75, 3.05) is 18.6 Å². The highest BCUT2D eigenvalue weighted by molar-refractivity contribution is 9.10. The molecule has 0 spiro atoms. The van der Waals surface area contributed by atoms with E-state index in [0.29, 0.717) is 5.75 Å². The van der Waals surface area contributed by atoms with Gasteiger partial charge in [-0.15, -0.1) is 0 Å². The van der Waals surface area contributed by atoms with Gasteiger partial charge in [0, 0.05) is 12.7 Å². The molecule has 0 atom stereocenters. The van der Waals surface area contributed by atoms with E-state index in [9.17, 15) is 4.79 Å². The summed E-state index contributed by atoms with van der Waals surface area (Å²) in [6, 6.07) is 25.5. The monoisotopic (exact) mass is 395 g/mol. The van der Waals surface area contributed by atoms with E-state index >= 15 is 0 Å². The summed E-state index contributed by atoms with van der Waals surface area (Å²) in [5.41, 5.74) is 3.07. The van der Waals surface area contributed by atoms with Crippen molar-refractivity contribution in [1.82, 2.24) is 0 Å². The molecule has 4 heteroatoms. The number of rotatable bonds is 5. The first-order valence-corrected chi connectivity index (χ1v) is 8.74. The van der Waals surface area contributed by atoms with E-state index in [0.717, 1.165) is 21.3 Å². The van der Waals surface area contributed by atoms with Gasteiger partial charge in [0.05, 0.1) is 4.47 Å². The van der Waals surface area contributed by atoms with Gasteiger partial charge in [-0.1, -0.05) is 54.6 Å². The van der Waals surface area contributed by atoms with Gasteiger partial charge in [-0.2, -0.15) is 0 Å². The largest absolute Gasteiger partial charge is 0.483 e. The molecule has 0 bridgehead atoms. The first-order valence-electron chi connectivity index (χ1n) is 7.94. The molecule has 0 radical (unpaired) electrons. The zero-order valence-electron chi connectivity index (χ0n) is 13.9. The molecule has 0 aliphatic rings. The van der Waals surface area contributed by atoms with Crippen molar-refractivity contribution in [2.45, 2.75) is 0 Å². The van der Waals surface area contributed by atoms with E-state index < -0.39 is 0 Å². The highest BCUT2D eigenvalue weighted by atomic mass is 79.9. The summed E-state index contributed by atoms with van der Waals surface area (Å²) in [6.07, 6.45) is 0. The van der Waals surface area contributed by atoms with Gasteiger partial charge in [0.25, 0.3) is 5.91 Å². The first-order chi connectivity index (χ1) is 12.1. The summed E-state index contributed by atoms with van der Waals surface area (Å²) in [4.78, 5) is 13.9. The molecular formula is C21H18BrNO2. The van der Waals surface area contributed by atoms with Crippen molar-refractivity contribution in [3.05, 3.63) is 83.3 Å². The third kappa shape index (κ3) is 4.28. The van der Waals surface area contributed by atoms with Gasteiger partial charge in [0.2, 0.25) is 0 Å². The summed E-state index contributed by atoms with van der Waals surface area (Å²) in [5, 5.41) is 0. The Kier molecular flexibility index (Phi) is 5.51. The molecule has 0 heterocycles. The zero-order chi connectivity index (χ0) is 17.6. The molecule has 3 rings (SSSR count). The van der Waals surface area contributed by atoms with Crippen molar-refractivity contribution < 1.29 is 9.53 Å². The Morgan fingerprint density at radius 1 is 0.920 bits per heavy atom. The molecule has 25 heavy (non-hydrogen) atoms. The Labute approximate surface area is 156 Å². The molecule has 0 unspecified atom stereocenters. The second kappa shape index (κ2) is 7.99. The van der Waals surface area contributed by atoms with Crippen LogP contribution >= 0.6 is 15.9 Å². The molecule has 3 aromatic rings. The molecule has 126 valence electrons.